The Labute approximate surface area is 89.1 Å². The molecule has 0 fully saturated rings. The van der Waals surface area contributed by atoms with Crippen LogP contribution in [-0.4, -0.2) is 22.6 Å². The molecule has 0 amide bonds. The second-order valence-electron chi connectivity index (χ2n) is 2.93. The average molecular weight is 234 g/mol. The van der Waals surface area contributed by atoms with Crippen LogP contribution in [0.25, 0.3) is 0 Å². The highest BCUT2D eigenvalue weighted by Crippen LogP contribution is 2.31. The molecule has 7 heteroatoms. The lowest BCUT2D eigenvalue weighted by Gasteiger charge is -2.11. The molecule has 0 spiro atoms. The Kier molecular flexibility index (Phi) is 3.36. The fourth-order valence-corrected chi connectivity index (χ4v) is 1.13. The number of pyridine rings is 1. The lowest BCUT2D eigenvalue weighted by Crippen LogP contribution is -2.16. The highest BCUT2D eigenvalue weighted by molar-refractivity contribution is 5.87. The molecule has 0 unspecified atom stereocenters. The average Bonchev–Trinajstić information content (AvgIpc) is 2.16. The third-order valence-electron chi connectivity index (χ3n) is 1.76. The van der Waals surface area contributed by atoms with E-state index in [0.29, 0.717) is 12.6 Å². The standard InChI is InChI=1S/C9H9F3N2O2/c1-2-13-6-4-3-5(9(10,11)12)7(14-6)8(15)16/h3-4H,2H2,1H3,(H,13,14)(H,15,16). The summed E-state index contributed by atoms with van der Waals surface area (Å²) in [5.74, 6) is -1.60. The van der Waals surface area contributed by atoms with Crippen LogP contribution in [0, 0.1) is 0 Å². The Morgan fingerprint density at radius 1 is 1.50 bits per heavy atom. The molecule has 88 valence electrons. The summed E-state index contributed by atoms with van der Waals surface area (Å²) >= 11 is 0. The van der Waals surface area contributed by atoms with Crippen LogP contribution in [0.2, 0.25) is 0 Å². The minimum Gasteiger partial charge on any atom is -0.476 e. The lowest BCUT2D eigenvalue weighted by molar-refractivity contribution is -0.138. The summed E-state index contributed by atoms with van der Waals surface area (Å²) in [4.78, 5) is 14.0. The molecule has 0 aliphatic carbocycles. The van der Waals surface area contributed by atoms with Gasteiger partial charge in [-0.25, -0.2) is 9.78 Å². The minimum atomic E-state index is -4.72. The number of hydrogen-bond donors (Lipinski definition) is 2. The number of carbonyl (C=O) groups is 1. The van der Waals surface area contributed by atoms with Crippen LogP contribution in [0.3, 0.4) is 0 Å². The van der Waals surface area contributed by atoms with Gasteiger partial charge >= 0.3 is 12.1 Å². The summed E-state index contributed by atoms with van der Waals surface area (Å²) in [5.41, 5.74) is -2.24. The Morgan fingerprint density at radius 3 is 2.56 bits per heavy atom. The van der Waals surface area contributed by atoms with Gasteiger partial charge in [0.2, 0.25) is 0 Å². The van der Waals surface area contributed by atoms with Gasteiger partial charge in [-0.2, -0.15) is 13.2 Å². The molecule has 0 aromatic carbocycles. The van der Waals surface area contributed by atoms with E-state index in [4.69, 9.17) is 5.11 Å². The van der Waals surface area contributed by atoms with Gasteiger partial charge in [0.1, 0.15) is 5.82 Å². The van der Waals surface area contributed by atoms with E-state index < -0.39 is 23.4 Å². The summed E-state index contributed by atoms with van der Waals surface area (Å²) in [7, 11) is 0. The molecule has 0 saturated carbocycles. The van der Waals surface area contributed by atoms with Crippen molar-refractivity contribution in [1.29, 1.82) is 0 Å². The van der Waals surface area contributed by atoms with E-state index in [1.54, 1.807) is 6.92 Å². The first-order valence-corrected chi connectivity index (χ1v) is 4.41. The van der Waals surface area contributed by atoms with Crippen molar-refractivity contribution in [2.45, 2.75) is 13.1 Å². The predicted octanol–water partition coefficient (Wildman–Crippen LogP) is 2.23. The quantitative estimate of drug-likeness (QED) is 0.841. The van der Waals surface area contributed by atoms with Gasteiger partial charge in [0, 0.05) is 6.54 Å². The van der Waals surface area contributed by atoms with Crippen molar-refractivity contribution < 1.29 is 23.1 Å². The van der Waals surface area contributed by atoms with Crippen LogP contribution < -0.4 is 5.32 Å². The number of nitrogens with zero attached hydrogens (tertiary/aromatic N) is 1. The van der Waals surface area contributed by atoms with Crippen LogP contribution in [0.5, 0.6) is 0 Å². The number of alkyl halides is 3. The molecular formula is C9H9F3N2O2. The van der Waals surface area contributed by atoms with E-state index in [-0.39, 0.29) is 5.82 Å². The fraction of sp³-hybridized carbons (Fsp3) is 0.333. The van der Waals surface area contributed by atoms with Gasteiger partial charge in [-0.05, 0) is 19.1 Å². The second kappa shape index (κ2) is 4.38. The van der Waals surface area contributed by atoms with Crippen molar-refractivity contribution >= 4 is 11.8 Å². The van der Waals surface area contributed by atoms with Gasteiger partial charge in [0.05, 0.1) is 5.56 Å². The maximum atomic E-state index is 12.4. The van der Waals surface area contributed by atoms with E-state index in [1.807, 2.05) is 0 Å². The third kappa shape index (κ3) is 2.62. The number of carboxylic acids is 1. The van der Waals surface area contributed by atoms with Gasteiger partial charge in [-0.15, -0.1) is 0 Å². The topological polar surface area (TPSA) is 62.2 Å². The number of aromatic carboxylic acids is 1. The molecule has 1 rings (SSSR count). The smallest absolute Gasteiger partial charge is 0.418 e. The second-order valence-corrected chi connectivity index (χ2v) is 2.93. The molecular weight excluding hydrogens is 225 g/mol. The summed E-state index contributed by atoms with van der Waals surface area (Å²) in [5, 5.41) is 11.3. The van der Waals surface area contributed by atoms with Crippen molar-refractivity contribution in [2.75, 3.05) is 11.9 Å². The normalized spacial score (nSPS) is 11.2. The highest BCUT2D eigenvalue weighted by atomic mass is 19.4. The van der Waals surface area contributed by atoms with Crippen LogP contribution in [-0.2, 0) is 6.18 Å². The molecule has 2 N–H and O–H groups in total. The van der Waals surface area contributed by atoms with Crippen LogP contribution >= 0.6 is 0 Å². The first-order chi connectivity index (χ1) is 7.36. The van der Waals surface area contributed by atoms with Gasteiger partial charge in [-0.1, -0.05) is 0 Å². The third-order valence-corrected chi connectivity index (χ3v) is 1.76. The molecule has 4 nitrogen and oxygen atoms in total. The maximum Gasteiger partial charge on any atom is 0.418 e. The first kappa shape index (κ1) is 12.3. The maximum absolute atomic E-state index is 12.4. The van der Waals surface area contributed by atoms with Gasteiger partial charge in [-0.3, -0.25) is 0 Å². The fourth-order valence-electron chi connectivity index (χ4n) is 1.13. The van der Waals surface area contributed by atoms with Crippen LogP contribution in [0.4, 0.5) is 19.0 Å². The van der Waals surface area contributed by atoms with Crippen molar-refractivity contribution in [3.63, 3.8) is 0 Å². The molecule has 1 aromatic rings. The molecule has 0 aliphatic heterocycles. The molecule has 0 saturated heterocycles. The molecule has 0 aliphatic rings. The Morgan fingerprint density at radius 2 is 2.12 bits per heavy atom. The van der Waals surface area contributed by atoms with Crippen molar-refractivity contribution in [1.82, 2.24) is 4.98 Å². The van der Waals surface area contributed by atoms with Crippen molar-refractivity contribution in [3.05, 3.63) is 23.4 Å². The Bertz CT molecular complexity index is 404. The summed E-state index contributed by atoms with van der Waals surface area (Å²) in [6.07, 6.45) is -4.72. The molecule has 16 heavy (non-hydrogen) atoms. The van der Waals surface area contributed by atoms with Crippen LogP contribution in [0.1, 0.15) is 23.0 Å². The number of rotatable bonds is 3. The Hall–Kier alpha value is -1.79. The number of anilines is 1. The summed E-state index contributed by atoms with van der Waals surface area (Å²) in [6, 6.07) is 1.80. The molecule has 0 bridgehead atoms. The van der Waals surface area contributed by atoms with Crippen molar-refractivity contribution in [3.8, 4) is 0 Å². The van der Waals surface area contributed by atoms with E-state index in [1.165, 1.54) is 0 Å². The van der Waals surface area contributed by atoms with E-state index in [2.05, 4.69) is 10.3 Å². The number of halogens is 3. The minimum absolute atomic E-state index is 0.105. The van der Waals surface area contributed by atoms with Gasteiger partial charge in [0.25, 0.3) is 0 Å². The molecule has 0 atom stereocenters. The van der Waals surface area contributed by atoms with E-state index in [0.717, 1.165) is 6.07 Å². The zero-order chi connectivity index (χ0) is 12.3. The lowest BCUT2D eigenvalue weighted by atomic mass is 10.2. The number of nitrogens with one attached hydrogen (secondary N) is 1. The first-order valence-electron chi connectivity index (χ1n) is 4.41. The van der Waals surface area contributed by atoms with Gasteiger partial charge < -0.3 is 10.4 Å². The SMILES string of the molecule is CCNc1ccc(C(F)(F)F)c(C(=O)O)n1. The molecule has 1 heterocycles. The monoisotopic (exact) mass is 234 g/mol. The van der Waals surface area contributed by atoms with Crippen molar-refractivity contribution in [2.24, 2.45) is 0 Å². The number of carboxylic acid groups (broad SMARTS) is 1. The largest absolute Gasteiger partial charge is 0.476 e. The highest BCUT2D eigenvalue weighted by Gasteiger charge is 2.36. The van der Waals surface area contributed by atoms with Crippen LogP contribution in [0.15, 0.2) is 12.1 Å². The zero-order valence-corrected chi connectivity index (χ0v) is 8.30. The number of aromatic nitrogens is 1. The van der Waals surface area contributed by atoms with E-state index >= 15 is 0 Å². The van der Waals surface area contributed by atoms with E-state index in [9.17, 15) is 18.0 Å². The Balaban J connectivity index is 3.25. The molecule has 0 radical (unpaired) electrons. The summed E-state index contributed by atoms with van der Waals surface area (Å²) in [6.45, 7) is 2.16. The number of hydrogen-bond acceptors (Lipinski definition) is 3. The predicted molar refractivity (Wildman–Crippen MR) is 50.4 cm³/mol. The van der Waals surface area contributed by atoms with Gasteiger partial charge in [0.15, 0.2) is 5.69 Å². The zero-order valence-electron chi connectivity index (χ0n) is 8.30. The summed E-state index contributed by atoms with van der Waals surface area (Å²) < 4.78 is 37.2. The molecule has 1 aromatic heterocycles.